The van der Waals surface area contributed by atoms with E-state index in [0.29, 0.717) is 0 Å². The van der Waals surface area contributed by atoms with Crippen molar-refractivity contribution in [1.82, 2.24) is 14.8 Å². The summed E-state index contributed by atoms with van der Waals surface area (Å²) in [6.07, 6.45) is 1.49. The number of aryl methyl sites for hydroxylation is 2. The van der Waals surface area contributed by atoms with Crippen LogP contribution in [0.2, 0.25) is 0 Å². The van der Waals surface area contributed by atoms with E-state index in [9.17, 15) is 0 Å². The molecule has 0 aliphatic heterocycles. The van der Waals surface area contributed by atoms with E-state index in [4.69, 9.17) is 9.47 Å². The molecular weight excluding hydrogens is 244 g/mol. The van der Waals surface area contributed by atoms with Gasteiger partial charge in [-0.2, -0.15) is 5.10 Å². The fourth-order valence-electron chi connectivity index (χ4n) is 2.22. The molecule has 0 saturated heterocycles. The topological polar surface area (TPSA) is 61.2 Å². The number of pyridine rings is 1. The highest BCUT2D eigenvalue weighted by Crippen LogP contribution is 2.20. The first kappa shape index (κ1) is 13.8. The highest BCUT2D eigenvalue weighted by Gasteiger charge is 2.16. The number of rotatable bonds is 5. The summed E-state index contributed by atoms with van der Waals surface area (Å²) in [5.41, 5.74) is 2.78. The van der Waals surface area contributed by atoms with Gasteiger partial charge in [-0.3, -0.25) is 4.68 Å². The molecular formula is C13H20N4O2. The molecule has 0 radical (unpaired) electrons. The van der Waals surface area contributed by atoms with Gasteiger partial charge in [0, 0.05) is 26.7 Å². The quantitative estimate of drug-likeness (QED) is 0.833. The second-order valence-electron chi connectivity index (χ2n) is 4.58. The van der Waals surface area contributed by atoms with Crippen LogP contribution in [0.4, 0.5) is 5.69 Å². The minimum atomic E-state index is -0.300. The molecule has 2 aromatic heterocycles. The third-order valence-corrected chi connectivity index (χ3v) is 3.13. The van der Waals surface area contributed by atoms with Crippen LogP contribution in [0, 0.1) is 6.92 Å². The maximum Gasteiger partial charge on any atom is 0.176 e. The van der Waals surface area contributed by atoms with E-state index >= 15 is 0 Å². The highest BCUT2D eigenvalue weighted by molar-refractivity contribution is 5.81. The van der Waals surface area contributed by atoms with Gasteiger partial charge in [0.05, 0.1) is 23.6 Å². The van der Waals surface area contributed by atoms with E-state index in [2.05, 4.69) is 15.4 Å². The van der Waals surface area contributed by atoms with E-state index in [1.807, 2.05) is 27.0 Å². The van der Waals surface area contributed by atoms with Gasteiger partial charge in [0.1, 0.15) is 0 Å². The average Bonchev–Trinajstić information content (AvgIpc) is 2.66. The van der Waals surface area contributed by atoms with Gasteiger partial charge in [0.2, 0.25) is 0 Å². The Hall–Kier alpha value is -1.66. The van der Waals surface area contributed by atoms with E-state index < -0.39 is 0 Å². The molecule has 0 bridgehead atoms. The van der Waals surface area contributed by atoms with E-state index in [0.717, 1.165) is 22.4 Å². The molecule has 2 aromatic rings. The molecule has 0 amide bonds. The first-order valence-electron chi connectivity index (χ1n) is 6.18. The van der Waals surface area contributed by atoms with Crippen LogP contribution in [-0.4, -0.2) is 41.3 Å². The second kappa shape index (κ2) is 5.54. The highest BCUT2D eigenvalue weighted by atomic mass is 16.7. The Morgan fingerprint density at radius 3 is 2.63 bits per heavy atom. The minimum absolute atomic E-state index is 0.0197. The molecule has 0 spiro atoms. The molecule has 6 heteroatoms. The molecule has 2 rings (SSSR count). The van der Waals surface area contributed by atoms with Gasteiger partial charge in [0.25, 0.3) is 0 Å². The van der Waals surface area contributed by atoms with Crippen molar-refractivity contribution in [3.8, 4) is 0 Å². The van der Waals surface area contributed by atoms with Gasteiger partial charge in [0.15, 0.2) is 11.9 Å². The van der Waals surface area contributed by atoms with E-state index in [1.165, 1.54) is 0 Å². The van der Waals surface area contributed by atoms with Crippen LogP contribution in [-0.2, 0) is 16.5 Å². The van der Waals surface area contributed by atoms with Crippen LogP contribution < -0.4 is 5.32 Å². The lowest BCUT2D eigenvalue weighted by Gasteiger charge is -2.22. The van der Waals surface area contributed by atoms with Crippen LogP contribution in [0.15, 0.2) is 12.3 Å². The number of nitrogens with zero attached hydrogens (tertiary/aromatic N) is 3. The summed E-state index contributed by atoms with van der Waals surface area (Å²) >= 11 is 0. The molecule has 0 aliphatic rings. The van der Waals surface area contributed by atoms with E-state index in [-0.39, 0.29) is 12.3 Å². The van der Waals surface area contributed by atoms with Crippen molar-refractivity contribution in [2.75, 3.05) is 19.5 Å². The number of aromatic nitrogens is 3. The minimum Gasteiger partial charge on any atom is -0.376 e. The van der Waals surface area contributed by atoms with Crippen molar-refractivity contribution in [3.05, 3.63) is 18.0 Å². The van der Waals surface area contributed by atoms with Crippen LogP contribution in [0.5, 0.6) is 0 Å². The van der Waals surface area contributed by atoms with E-state index in [1.54, 1.807) is 25.1 Å². The lowest BCUT2D eigenvalue weighted by Crippen LogP contribution is -2.33. The van der Waals surface area contributed by atoms with Gasteiger partial charge >= 0.3 is 0 Å². The Morgan fingerprint density at radius 2 is 2.00 bits per heavy atom. The van der Waals surface area contributed by atoms with Crippen molar-refractivity contribution in [2.45, 2.75) is 26.2 Å². The maximum atomic E-state index is 5.23. The number of fused-ring (bicyclic) bond motifs is 1. The standard InChI is InChI=1S/C13H20N4O2/c1-8-11-6-10(7-14-12(11)17(3)16-8)15-9(2)13(18-4)19-5/h6-7,9,13,15H,1-5H3. The molecule has 1 N–H and O–H groups in total. The van der Waals surface area contributed by atoms with Gasteiger partial charge < -0.3 is 14.8 Å². The zero-order chi connectivity index (χ0) is 14.0. The predicted molar refractivity (Wildman–Crippen MR) is 74.1 cm³/mol. The summed E-state index contributed by atoms with van der Waals surface area (Å²) in [5, 5.41) is 8.73. The van der Waals surface area contributed by atoms with Crippen LogP contribution in [0.25, 0.3) is 11.0 Å². The molecule has 1 atom stereocenters. The molecule has 104 valence electrons. The molecule has 0 saturated carbocycles. The Balaban J connectivity index is 2.24. The van der Waals surface area contributed by atoms with Gasteiger partial charge in [-0.05, 0) is 19.9 Å². The Bertz CT molecular complexity index is 563. The summed E-state index contributed by atoms with van der Waals surface area (Å²) in [6.45, 7) is 3.97. The van der Waals surface area contributed by atoms with Crippen molar-refractivity contribution in [3.63, 3.8) is 0 Å². The maximum absolute atomic E-state index is 5.23. The summed E-state index contributed by atoms with van der Waals surface area (Å²) < 4.78 is 12.2. The lowest BCUT2D eigenvalue weighted by atomic mass is 10.2. The zero-order valence-electron chi connectivity index (χ0n) is 12.0. The second-order valence-corrected chi connectivity index (χ2v) is 4.58. The number of hydrogen-bond donors (Lipinski definition) is 1. The zero-order valence-corrected chi connectivity index (χ0v) is 12.0. The van der Waals surface area contributed by atoms with Crippen LogP contribution >= 0.6 is 0 Å². The van der Waals surface area contributed by atoms with Crippen LogP contribution in [0.3, 0.4) is 0 Å². The number of anilines is 1. The molecule has 6 nitrogen and oxygen atoms in total. The summed E-state index contributed by atoms with van der Waals surface area (Å²) in [4.78, 5) is 4.42. The van der Waals surface area contributed by atoms with Crippen molar-refractivity contribution >= 4 is 16.7 Å². The summed E-state index contributed by atoms with van der Waals surface area (Å²) in [6, 6.07) is 2.06. The largest absolute Gasteiger partial charge is 0.376 e. The number of methoxy groups -OCH3 is 2. The fourth-order valence-corrected chi connectivity index (χ4v) is 2.22. The Labute approximate surface area is 112 Å². The number of ether oxygens (including phenoxy) is 2. The molecule has 0 aromatic carbocycles. The third kappa shape index (κ3) is 2.69. The summed E-state index contributed by atoms with van der Waals surface area (Å²) in [7, 11) is 5.14. The number of nitrogens with one attached hydrogen (secondary N) is 1. The molecule has 2 heterocycles. The fraction of sp³-hybridized carbons (Fsp3) is 0.538. The molecule has 1 unspecified atom stereocenters. The first-order valence-corrected chi connectivity index (χ1v) is 6.18. The monoisotopic (exact) mass is 264 g/mol. The molecule has 0 aliphatic carbocycles. The number of hydrogen-bond acceptors (Lipinski definition) is 5. The lowest BCUT2D eigenvalue weighted by molar-refractivity contribution is -0.109. The van der Waals surface area contributed by atoms with Crippen molar-refractivity contribution in [1.29, 1.82) is 0 Å². The van der Waals surface area contributed by atoms with Crippen molar-refractivity contribution in [2.24, 2.45) is 7.05 Å². The van der Waals surface area contributed by atoms with Gasteiger partial charge in [-0.25, -0.2) is 4.98 Å². The summed E-state index contributed by atoms with van der Waals surface area (Å²) in [5.74, 6) is 0. The van der Waals surface area contributed by atoms with Gasteiger partial charge in [-0.15, -0.1) is 0 Å². The first-order chi connectivity index (χ1) is 9.06. The average molecular weight is 264 g/mol. The van der Waals surface area contributed by atoms with Crippen molar-refractivity contribution < 1.29 is 9.47 Å². The Morgan fingerprint density at radius 1 is 1.32 bits per heavy atom. The van der Waals surface area contributed by atoms with Crippen LogP contribution in [0.1, 0.15) is 12.6 Å². The Kier molecular flexibility index (Phi) is 4.01. The third-order valence-electron chi connectivity index (χ3n) is 3.13. The normalized spacial score (nSPS) is 13.2. The molecule has 19 heavy (non-hydrogen) atoms. The predicted octanol–water partition coefficient (Wildman–Crippen LogP) is 1.70. The SMILES string of the molecule is COC(OC)C(C)Nc1cnc2c(c1)c(C)nn2C. The molecule has 0 fully saturated rings. The van der Waals surface area contributed by atoms with Gasteiger partial charge in [-0.1, -0.05) is 0 Å². The smallest absolute Gasteiger partial charge is 0.176 e.